The van der Waals surface area contributed by atoms with E-state index in [9.17, 15) is 18.0 Å². The molecule has 0 bridgehead atoms. The number of ether oxygens (including phenoxy) is 2. The fourth-order valence-electron chi connectivity index (χ4n) is 4.39. The molecule has 41 heavy (non-hydrogen) atoms. The van der Waals surface area contributed by atoms with Crippen LogP contribution in [0.25, 0.3) is 0 Å². The predicted molar refractivity (Wildman–Crippen MR) is 155 cm³/mol. The topological polar surface area (TPSA) is 114 Å². The van der Waals surface area contributed by atoms with Crippen molar-refractivity contribution in [2.75, 3.05) is 22.8 Å². The molecule has 0 spiro atoms. The van der Waals surface area contributed by atoms with Gasteiger partial charge in [0, 0.05) is 12.2 Å². The number of hydrogen-bond donors (Lipinski definition) is 2. The third kappa shape index (κ3) is 6.67. The first kappa shape index (κ1) is 27.7. The van der Waals surface area contributed by atoms with E-state index in [0.29, 0.717) is 35.0 Å². The van der Waals surface area contributed by atoms with Crippen LogP contribution < -0.4 is 24.4 Å². The van der Waals surface area contributed by atoms with Gasteiger partial charge in [-0.15, -0.1) is 0 Å². The molecule has 2 N–H and O–H groups in total. The molecule has 1 aliphatic rings. The van der Waals surface area contributed by atoms with Gasteiger partial charge in [-0.05, 0) is 60.5 Å². The molecule has 4 aromatic carbocycles. The molecule has 0 saturated carbocycles. The minimum absolute atomic E-state index is 0.0150. The fourth-order valence-corrected chi connectivity index (χ4v) is 5.54. The van der Waals surface area contributed by atoms with E-state index in [0.717, 1.165) is 5.56 Å². The first-order valence-electron chi connectivity index (χ1n) is 13.0. The van der Waals surface area contributed by atoms with Crippen molar-refractivity contribution in [1.82, 2.24) is 5.32 Å². The quantitative estimate of drug-likeness (QED) is 0.310. The van der Waals surface area contributed by atoms with Crippen molar-refractivity contribution in [3.63, 3.8) is 0 Å². The van der Waals surface area contributed by atoms with Crippen LogP contribution in [0.15, 0.2) is 108 Å². The van der Waals surface area contributed by atoms with Gasteiger partial charge in [0.15, 0.2) is 12.7 Å². The highest BCUT2D eigenvalue weighted by Gasteiger charge is 2.34. The minimum Gasteiger partial charge on any atom is -0.483 e. The summed E-state index contributed by atoms with van der Waals surface area (Å²) in [6, 6.07) is 29.6. The molecule has 1 atom stereocenters. The molecule has 1 heterocycles. The number of aryl methyl sites for hydroxylation is 1. The van der Waals surface area contributed by atoms with Gasteiger partial charge in [-0.2, -0.15) is 0 Å². The van der Waals surface area contributed by atoms with Gasteiger partial charge in [0.1, 0.15) is 11.5 Å². The van der Waals surface area contributed by atoms with E-state index in [4.69, 9.17) is 9.47 Å². The summed E-state index contributed by atoms with van der Waals surface area (Å²) < 4.78 is 39.9. The van der Waals surface area contributed by atoms with Crippen LogP contribution in [0.2, 0.25) is 0 Å². The largest absolute Gasteiger partial charge is 0.483 e. The summed E-state index contributed by atoms with van der Waals surface area (Å²) >= 11 is 0. The van der Waals surface area contributed by atoms with Crippen molar-refractivity contribution in [2.24, 2.45) is 0 Å². The SMILES string of the molecule is Cc1cc(S(=O)(=O)Nc2ccccc2)ccc1OCC(=O)N1C[C@H](C(=O)NCc2ccccc2)Oc2ccccc21. The molecule has 0 aliphatic carbocycles. The number of nitrogens with zero attached hydrogens (tertiary/aromatic N) is 1. The van der Waals surface area contributed by atoms with Crippen molar-refractivity contribution in [1.29, 1.82) is 0 Å². The highest BCUT2D eigenvalue weighted by Crippen LogP contribution is 2.33. The van der Waals surface area contributed by atoms with E-state index in [1.54, 1.807) is 61.5 Å². The second-order valence-corrected chi connectivity index (χ2v) is 11.2. The second-order valence-electron chi connectivity index (χ2n) is 9.47. The number of para-hydroxylation sites is 3. The summed E-state index contributed by atoms with van der Waals surface area (Å²) in [5.41, 5.74) is 2.49. The first-order valence-corrected chi connectivity index (χ1v) is 14.5. The maximum absolute atomic E-state index is 13.3. The number of anilines is 2. The molecule has 0 saturated heterocycles. The van der Waals surface area contributed by atoms with Crippen LogP contribution in [0, 0.1) is 6.92 Å². The summed E-state index contributed by atoms with van der Waals surface area (Å²) in [5.74, 6) is 0.0848. The van der Waals surface area contributed by atoms with Gasteiger partial charge < -0.3 is 19.7 Å². The van der Waals surface area contributed by atoms with E-state index in [1.165, 1.54) is 23.1 Å². The van der Waals surface area contributed by atoms with E-state index < -0.39 is 16.1 Å². The Balaban J connectivity index is 1.25. The van der Waals surface area contributed by atoms with Gasteiger partial charge in [-0.25, -0.2) is 8.42 Å². The number of benzene rings is 4. The molecule has 0 fully saturated rings. The third-order valence-electron chi connectivity index (χ3n) is 6.51. The Morgan fingerprint density at radius 1 is 0.927 bits per heavy atom. The number of rotatable bonds is 9. The van der Waals surface area contributed by atoms with Gasteiger partial charge >= 0.3 is 0 Å². The molecule has 10 heteroatoms. The molecular formula is C31H29N3O6S. The number of sulfonamides is 1. The van der Waals surface area contributed by atoms with Crippen LogP contribution in [0.1, 0.15) is 11.1 Å². The Kier molecular flexibility index (Phi) is 8.21. The van der Waals surface area contributed by atoms with Crippen molar-refractivity contribution < 1.29 is 27.5 Å². The van der Waals surface area contributed by atoms with Gasteiger partial charge in [0.05, 0.1) is 17.1 Å². The van der Waals surface area contributed by atoms with Crippen molar-refractivity contribution in [2.45, 2.75) is 24.5 Å². The van der Waals surface area contributed by atoms with Crippen molar-refractivity contribution >= 4 is 33.2 Å². The van der Waals surface area contributed by atoms with Gasteiger partial charge in [0.25, 0.3) is 21.8 Å². The second kappa shape index (κ2) is 12.1. The van der Waals surface area contributed by atoms with Crippen LogP contribution in [0.3, 0.4) is 0 Å². The number of nitrogens with one attached hydrogen (secondary N) is 2. The molecule has 5 rings (SSSR count). The zero-order valence-electron chi connectivity index (χ0n) is 22.3. The average Bonchev–Trinajstić information content (AvgIpc) is 2.99. The molecule has 0 unspecified atom stereocenters. The smallest absolute Gasteiger partial charge is 0.265 e. The number of hydrogen-bond acceptors (Lipinski definition) is 6. The predicted octanol–water partition coefficient (Wildman–Crippen LogP) is 4.29. The first-order chi connectivity index (χ1) is 19.8. The Morgan fingerprint density at radius 3 is 2.34 bits per heavy atom. The molecule has 0 aromatic heterocycles. The molecular weight excluding hydrogens is 542 g/mol. The molecule has 2 amide bonds. The monoisotopic (exact) mass is 571 g/mol. The van der Waals surface area contributed by atoms with E-state index >= 15 is 0 Å². The number of carbonyl (C=O) groups is 2. The number of fused-ring (bicyclic) bond motifs is 1. The van der Waals surface area contributed by atoms with E-state index in [2.05, 4.69) is 10.0 Å². The molecule has 4 aromatic rings. The van der Waals surface area contributed by atoms with Gasteiger partial charge in [-0.1, -0.05) is 60.7 Å². The van der Waals surface area contributed by atoms with Crippen LogP contribution in [0.5, 0.6) is 11.5 Å². The zero-order valence-corrected chi connectivity index (χ0v) is 23.1. The molecule has 9 nitrogen and oxygen atoms in total. The zero-order chi connectivity index (χ0) is 28.8. The van der Waals surface area contributed by atoms with Crippen molar-refractivity contribution in [3.05, 3.63) is 114 Å². The van der Waals surface area contributed by atoms with Crippen LogP contribution >= 0.6 is 0 Å². The van der Waals surface area contributed by atoms with Gasteiger partial charge in [0.2, 0.25) is 0 Å². The van der Waals surface area contributed by atoms with E-state index in [-0.39, 0.29) is 29.9 Å². The maximum atomic E-state index is 13.3. The molecule has 1 aliphatic heterocycles. The highest BCUT2D eigenvalue weighted by molar-refractivity contribution is 7.92. The lowest BCUT2D eigenvalue weighted by Crippen LogP contribution is -2.51. The van der Waals surface area contributed by atoms with Crippen molar-refractivity contribution in [3.8, 4) is 11.5 Å². The Labute approximate surface area is 238 Å². The summed E-state index contributed by atoms with van der Waals surface area (Å²) in [6.45, 7) is 1.74. The van der Waals surface area contributed by atoms with Crippen LogP contribution in [0.4, 0.5) is 11.4 Å². The maximum Gasteiger partial charge on any atom is 0.265 e. The summed E-state index contributed by atoms with van der Waals surface area (Å²) in [7, 11) is -3.80. The minimum atomic E-state index is -3.80. The molecule has 0 radical (unpaired) electrons. The normalized spacial score (nSPS) is 14.4. The van der Waals surface area contributed by atoms with Gasteiger partial charge in [-0.3, -0.25) is 14.3 Å². The Hall–Kier alpha value is -4.83. The number of carbonyl (C=O) groups excluding carboxylic acids is 2. The van der Waals surface area contributed by atoms with E-state index in [1.807, 2.05) is 30.3 Å². The summed E-state index contributed by atoms with van der Waals surface area (Å²) in [5, 5.41) is 2.87. The lowest BCUT2D eigenvalue weighted by Gasteiger charge is -2.34. The molecule has 210 valence electrons. The van der Waals surface area contributed by atoms with Crippen LogP contribution in [-0.2, 0) is 26.2 Å². The lowest BCUT2D eigenvalue weighted by atomic mass is 10.1. The Morgan fingerprint density at radius 2 is 1.61 bits per heavy atom. The fraction of sp³-hybridized carbons (Fsp3) is 0.161. The van der Waals surface area contributed by atoms with Crippen LogP contribution in [-0.4, -0.2) is 39.5 Å². The Bertz CT molecular complexity index is 1650. The average molecular weight is 572 g/mol. The summed E-state index contributed by atoms with van der Waals surface area (Å²) in [6.07, 6.45) is -0.902. The number of amides is 2. The third-order valence-corrected chi connectivity index (χ3v) is 7.89. The lowest BCUT2D eigenvalue weighted by molar-refractivity contribution is -0.128. The standard InChI is InChI=1S/C31H29N3O6S/c1-22-18-25(41(37,38)33-24-12-6-3-7-13-24)16-17-27(22)39-21-30(35)34-20-29(40-28-15-9-8-14-26(28)34)31(36)32-19-23-10-4-2-5-11-23/h2-18,29,33H,19-21H2,1H3,(H,32,36)/t29-/m1/s1. The highest BCUT2D eigenvalue weighted by atomic mass is 32.2. The summed E-state index contributed by atoms with van der Waals surface area (Å²) in [4.78, 5) is 27.8.